The molecule has 1 saturated carbocycles. The average molecular weight is 501 g/mol. The van der Waals surface area contributed by atoms with Gasteiger partial charge in [-0.15, -0.1) is 0 Å². The summed E-state index contributed by atoms with van der Waals surface area (Å²) >= 11 is 12.4. The summed E-state index contributed by atoms with van der Waals surface area (Å²) in [5.74, 6) is 0.422. The zero-order chi connectivity index (χ0) is 23.9. The summed E-state index contributed by atoms with van der Waals surface area (Å²) in [5.41, 5.74) is 7.50. The number of phenols is 1. The van der Waals surface area contributed by atoms with E-state index in [1.165, 1.54) is 49.9 Å². The van der Waals surface area contributed by atoms with Crippen LogP contribution >= 0.6 is 23.2 Å². The Balaban J connectivity index is 1.44. The van der Waals surface area contributed by atoms with Crippen LogP contribution in [0.3, 0.4) is 0 Å². The van der Waals surface area contributed by atoms with E-state index in [0.717, 1.165) is 39.7 Å². The fourth-order valence-electron chi connectivity index (χ4n) is 4.95. The lowest BCUT2D eigenvalue weighted by Gasteiger charge is -2.17. The minimum atomic E-state index is -0.0924. The second-order valence-corrected chi connectivity index (χ2v) is 10.5. The molecule has 1 aliphatic carbocycles. The Hall–Kier alpha value is -2.59. The van der Waals surface area contributed by atoms with Crippen LogP contribution in [0, 0.1) is 12.3 Å². The van der Waals surface area contributed by atoms with Crippen molar-refractivity contribution in [2.24, 2.45) is 5.92 Å². The summed E-state index contributed by atoms with van der Waals surface area (Å²) in [7, 11) is 0. The molecule has 0 spiro atoms. The molecular weight excluding hydrogens is 475 g/mol. The van der Waals surface area contributed by atoms with Crippen molar-refractivity contribution in [2.75, 3.05) is 13.1 Å². The van der Waals surface area contributed by atoms with Gasteiger partial charge in [-0.2, -0.15) is 0 Å². The summed E-state index contributed by atoms with van der Waals surface area (Å²) in [5, 5.41) is 11.5. The summed E-state index contributed by atoms with van der Waals surface area (Å²) in [4.78, 5) is 7.28. The van der Waals surface area contributed by atoms with Crippen LogP contribution in [-0.2, 0) is 6.54 Å². The second-order valence-electron chi connectivity index (χ2n) is 9.67. The van der Waals surface area contributed by atoms with Crippen LogP contribution in [0.1, 0.15) is 36.8 Å². The topological polar surface area (TPSA) is 36.4 Å². The molecule has 3 aromatic carbocycles. The number of aromatic nitrogens is 1. The molecule has 6 rings (SSSR count). The lowest BCUT2D eigenvalue weighted by Crippen LogP contribution is -2.18. The first kappa shape index (κ1) is 22.8. The number of phenolic OH excluding ortho intramolecular Hbond substituents is 1. The normalized spacial score (nSPS) is 16.3. The molecule has 1 aliphatic heterocycles. The maximum absolute atomic E-state index is 10.00. The highest BCUT2D eigenvalue weighted by atomic mass is 35.5. The predicted octanol–water partition coefficient (Wildman–Crippen LogP) is 8.02. The number of hydrogen-bond donors (Lipinski definition) is 1. The summed E-state index contributed by atoms with van der Waals surface area (Å²) < 4.78 is 0. The molecule has 0 amide bonds. The van der Waals surface area contributed by atoms with Crippen molar-refractivity contribution >= 4 is 34.1 Å². The number of halogens is 2. The fourth-order valence-corrected chi connectivity index (χ4v) is 5.44. The molecule has 3 nitrogen and oxygen atoms in total. The van der Waals surface area contributed by atoms with Crippen molar-refractivity contribution < 1.29 is 5.11 Å². The largest absolute Gasteiger partial charge is 0.505 e. The van der Waals surface area contributed by atoms with Gasteiger partial charge < -0.3 is 5.11 Å². The Morgan fingerprint density at radius 3 is 2.26 bits per heavy atom. The first-order chi connectivity index (χ1) is 17.0. The van der Waals surface area contributed by atoms with E-state index in [1.54, 1.807) is 12.1 Å². The first-order valence-corrected chi connectivity index (χ1v) is 13.0. The third kappa shape index (κ3) is 4.78. The first-order valence-electron chi connectivity index (χ1n) is 12.2. The van der Waals surface area contributed by atoms with E-state index in [1.807, 2.05) is 18.3 Å². The van der Waals surface area contributed by atoms with Gasteiger partial charge in [0.15, 0.2) is 5.75 Å². The molecule has 1 saturated heterocycles. The lowest BCUT2D eigenvalue weighted by molar-refractivity contribution is 0.331. The van der Waals surface area contributed by atoms with Crippen molar-refractivity contribution in [1.82, 2.24) is 9.88 Å². The van der Waals surface area contributed by atoms with Crippen molar-refractivity contribution in [2.45, 2.75) is 32.2 Å². The molecule has 4 aromatic rings. The van der Waals surface area contributed by atoms with Crippen LogP contribution in [0.5, 0.6) is 5.75 Å². The Morgan fingerprint density at radius 1 is 0.886 bits per heavy atom. The molecule has 2 heterocycles. The zero-order valence-corrected chi connectivity index (χ0v) is 20.9. The molecule has 1 aromatic heterocycles. The minimum Gasteiger partial charge on any atom is -0.505 e. The van der Waals surface area contributed by atoms with E-state index < -0.39 is 0 Å². The van der Waals surface area contributed by atoms with Gasteiger partial charge in [0, 0.05) is 24.5 Å². The van der Waals surface area contributed by atoms with E-state index in [2.05, 4.69) is 41.7 Å². The number of aromatic hydroxyl groups is 1. The van der Waals surface area contributed by atoms with Crippen LogP contribution < -0.4 is 0 Å². The monoisotopic (exact) mass is 500 g/mol. The highest BCUT2D eigenvalue weighted by molar-refractivity contribution is 6.37. The van der Waals surface area contributed by atoms with Crippen molar-refractivity contribution in [1.29, 1.82) is 0 Å². The molecule has 0 bridgehead atoms. The van der Waals surface area contributed by atoms with Gasteiger partial charge in [0.2, 0.25) is 0 Å². The Morgan fingerprint density at radius 2 is 1.57 bits per heavy atom. The average Bonchev–Trinajstić information content (AvgIpc) is 3.54. The Bertz CT molecular complexity index is 1370. The van der Waals surface area contributed by atoms with Gasteiger partial charge >= 0.3 is 0 Å². The zero-order valence-electron chi connectivity index (χ0n) is 19.4. The Labute approximate surface area is 216 Å². The van der Waals surface area contributed by atoms with Crippen LogP contribution in [0.2, 0.25) is 10.0 Å². The van der Waals surface area contributed by atoms with Crippen LogP contribution in [0.25, 0.3) is 33.2 Å². The molecule has 35 heavy (non-hydrogen) atoms. The molecule has 2 aliphatic rings. The maximum atomic E-state index is 10.00. The van der Waals surface area contributed by atoms with Crippen molar-refractivity contribution in [3.05, 3.63) is 88.4 Å². The van der Waals surface area contributed by atoms with Gasteiger partial charge in [-0.1, -0.05) is 53.5 Å². The molecule has 2 fully saturated rings. The van der Waals surface area contributed by atoms with Gasteiger partial charge in [0.05, 0.1) is 15.6 Å². The SMILES string of the molecule is Oc1c(Cl)cc(-c2ccc3ncc([C]C4CC4)c(-c4ccc(CN5CCCC5)cc4)c3c2)cc1Cl. The molecule has 0 unspecified atom stereocenters. The molecule has 2 radical (unpaired) electrons. The molecule has 0 atom stereocenters. The summed E-state index contributed by atoms with van der Waals surface area (Å²) in [6, 6.07) is 18.7. The highest BCUT2D eigenvalue weighted by Crippen LogP contribution is 2.42. The van der Waals surface area contributed by atoms with Gasteiger partial charge in [-0.3, -0.25) is 9.88 Å². The lowest BCUT2D eigenvalue weighted by atomic mass is 9.91. The van der Waals surface area contributed by atoms with Crippen molar-refractivity contribution in [3.8, 4) is 28.0 Å². The number of benzene rings is 3. The van der Waals surface area contributed by atoms with Crippen molar-refractivity contribution in [3.63, 3.8) is 0 Å². The number of fused-ring (bicyclic) bond motifs is 1. The van der Waals surface area contributed by atoms with E-state index >= 15 is 0 Å². The third-order valence-corrected chi connectivity index (χ3v) is 7.58. The van der Waals surface area contributed by atoms with E-state index in [9.17, 15) is 5.11 Å². The fraction of sp³-hybridized carbons (Fsp3) is 0.267. The van der Waals surface area contributed by atoms with Crippen LogP contribution in [0.4, 0.5) is 0 Å². The second kappa shape index (κ2) is 9.46. The maximum Gasteiger partial charge on any atom is 0.152 e. The standard InChI is InChI=1S/C30H26Cl2N2O/c31-26-15-23(16-27(32)30(26)35)22-9-10-28-25(14-22)29(24(17-33-28)13-19-3-4-19)21-7-5-20(6-8-21)18-34-11-1-2-12-34/h5-10,14-17,19,35H,1-4,11-12,18H2. The number of hydrogen-bond acceptors (Lipinski definition) is 3. The summed E-state index contributed by atoms with van der Waals surface area (Å²) in [6.45, 7) is 3.40. The molecule has 1 N–H and O–H groups in total. The van der Waals surface area contributed by atoms with Gasteiger partial charge in [-0.05, 0) is 102 Å². The third-order valence-electron chi connectivity index (χ3n) is 7.00. The molecule has 5 heteroatoms. The summed E-state index contributed by atoms with van der Waals surface area (Å²) in [6.07, 6.45) is 10.6. The number of likely N-dealkylation sites (tertiary alicyclic amines) is 1. The number of pyridine rings is 1. The minimum absolute atomic E-state index is 0.0924. The molecular formula is C30H26Cl2N2O. The van der Waals surface area contributed by atoms with E-state index in [0.29, 0.717) is 5.92 Å². The molecule has 176 valence electrons. The van der Waals surface area contributed by atoms with Crippen LogP contribution in [0.15, 0.2) is 60.8 Å². The number of nitrogens with zero attached hydrogens (tertiary/aromatic N) is 2. The quantitative estimate of drug-likeness (QED) is 0.291. The Kier molecular flexibility index (Phi) is 6.18. The number of rotatable bonds is 6. The van der Waals surface area contributed by atoms with Gasteiger partial charge in [0.25, 0.3) is 0 Å². The smallest absolute Gasteiger partial charge is 0.152 e. The van der Waals surface area contributed by atoms with Crippen LogP contribution in [-0.4, -0.2) is 28.1 Å². The predicted molar refractivity (Wildman–Crippen MR) is 144 cm³/mol. The highest BCUT2D eigenvalue weighted by Gasteiger charge is 2.25. The van der Waals surface area contributed by atoms with Gasteiger partial charge in [-0.25, -0.2) is 0 Å². The van der Waals surface area contributed by atoms with E-state index in [4.69, 9.17) is 28.2 Å². The van der Waals surface area contributed by atoms with Gasteiger partial charge in [0.1, 0.15) is 0 Å². The van der Waals surface area contributed by atoms with E-state index in [-0.39, 0.29) is 15.8 Å².